The van der Waals surface area contributed by atoms with Gasteiger partial charge in [-0.05, 0) is 42.8 Å². The lowest BCUT2D eigenvalue weighted by Gasteiger charge is -2.12. The Labute approximate surface area is 148 Å². The Morgan fingerprint density at radius 1 is 1.13 bits per heavy atom. The highest BCUT2D eigenvalue weighted by atomic mass is 35.5. The van der Waals surface area contributed by atoms with Crippen LogP contribution in [0.4, 0.5) is 5.69 Å². The number of anilines is 1. The lowest BCUT2D eigenvalue weighted by Crippen LogP contribution is -2.02. The van der Waals surface area contributed by atoms with Gasteiger partial charge < -0.3 is 15.2 Å². The smallest absolute Gasteiger partial charge is 0.337 e. The number of ether oxygens (including phenoxy) is 1. The van der Waals surface area contributed by atoms with Gasteiger partial charge in [-0.25, -0.2) is 4.79 Å². The van der Waals surface area contributed by atoms with E-state index < -0.39 is 5.97 Å². The first-order valence-electron chi connectivity index (χ1n) is 6.79. The molecule has 0 saturated heterocycles. The molecule has 23 heavy (non-hydrogen) atoms. The second kappa shape index (κ2) is 7.77. The Bertz CT molecular complexity index is 712. The highest BCUT2D eigenvalue weighted by molar-refractivity contribution is 6.37. The molecule has 0 spiro atoms. The van der Waals surface area contributed by atoms with Gasteiger partial charge in [-0.15, -0.1) is 0 Å². The topological polar surface area (TPSA) is 58.6 Å². The third kappa shape index (κ3) is 4.44. The van der Waals surface area contributed by atoms with Gasteiger partial charge in [0.1, 0.15) is 0 Å². The molecule has 0 aliphatic rings. The number of hydrogen-bond donors (Lipinski definition) is 2. The van der Waals surface area contributed by atoms with E-state index in [0.29, 0.717) is 34.6 Å². The summed E-state index contributed by atoms with van der Waals surface area (Å²) in [6, 6.07) is 8.18. The molecular weight excluding hydrogens is 361 g/mol. The molecule has 2 rings (SSSR count). The van der Waals surface area contributed by atoms with Gasteiger partial charge in [0.15, 0.2) is 5.75 Å². The van der Waals surface area contributed by atoms with E-state index in [-0.39, 0.29) is 10.6 Å². The molecule has 0 bridgehead atoms. The third-order valence-corrected chi connectivity index (χ3v) is 3.92. The Hall–Kier alpha value is -1.62. The van der Waals surface area contributed by atoms with Crippen LogP contribution in [0, 0.1) is 0 Å². The molecule has 0 heterocycles. The van der Waals surface area contributed by atoms with Crippen molar-refractivity contribution in [1.29, 1.82) is 0 Å². The minimum Gasteiger partial charge on any atom is -0.491 e. The first-order chi connectivity index (χ1) is 10.9. The van der Waals surface area contributed by atoms with Crippen molar-refractivity contribution >= 4 is 46.5 Å². The van der Waals surface area contributed by atoms with Crippen molar-refractivity contribution in [3.8, 4) is 5.75 Å². The fraction of sp³-hybridized carbons (Fsp3) is 0.188. The predicted molar refractivity (Wildman–Crippen MR) is 93.4 cm³/mol. The molecule has 0 radical (unpaired) electrons. The summed E-state index contributed by atoms with van der Waals surface area (Å²) in [6.07, 6.45) is 0. The summed E-state index contributed by atoms with van der Waals surface area (Å²) in [5.41, 5.74) is 1.62. The second-order valence-electron chi connectivity index (χ2n) is 4.67. The largest absolute Gasteiger partial charge is 0.491 e. The Morgan fingerprint density at radius 2 is 1.78 bits per heavy atom. The lowest BCUT2D eigenvalue weighted by molar-refractivity contribution is 0.0697. The maximum Gasteiger partial charge on any atom is 0.337 e. The standard InChI is InChI=1S/C16H14Cl3NO3/c1-2-23-15-13(18)5-9(6-14(15)19)8-20-10-3-4-11(16(21)22)12(17)7-10/h3-7,20H,2,8H2,1H3,(H,21,22). The fourth-order valence-electron chi connectivity index (χ4n) is 2.00. The molecule has 0 saturated carbocycles. The van der Waals surface area contributed by atoms with E-state index in [0.717, 1.165) is 5.56 Å². The van der Waals surface area contributed by atoms with Gasteiger partial charge in [0, 0.05) is 12.2 Å². The van der Waals surface area contributed by atoms with E-state index in [9.17, 15) is 4.79 Å². The molecule has 0 aliphatic heterocycles. The fourth-order valence-corrected chi connectivity index (χ4v) is 2.90. The van der Waals surface area contributed by atoms with E-state index in [1.54, 1.807) is 24.3 Å². The van der Waals surface area contributed by atoms with Crippen molar-refractivity contribution in [2.45, 2.75) is 13.5 Å². The number of aromatic carboxylic acids is 1. The molecule has 0 amide bonds. The summed E-state index contributed by atoms with van der Waals surface area (Å²) in [4.78, 5) is 10.9. The summed E-state index contributed by atoms with van der Waals surface area (Å²) in [6.45, 7) is 2.78. The van der Waals surface area contributed by atoms with E-state index in [1.165, 1.54) is 6.07 Å². The van der Waals surface area contributed by atoms with Crippen molar-refractivity contribution < 1.29 is 14.6 Å². The second-order valence-corrected chi connectivity index (χ2v) is 5.90. The quantitative estimate of drug-likeness (QED) is 0.715. The minimum absolute atomic E-state index is 0.0596. The Balaban J connectivity index is 2.12. The van der Waals surface area contributed by atoms with Crippen LogP contribution in [0.15, 0.2) is 30.3 Å². The normalized spacial score (nSPS) is 10.4. The molecule has 4 nitrogen and oxygen atoms in total. The monoisotopic (exact) mass is 373 g/mol. The molecule has 2 N–H and O–H groups in total. The van der Waals surface area contributed by atoms with Crippen LogP contribution in [0.25, 0.3) is 0 Å². The summed E-state index contributed by atoms with van der Waals surface area (Å²) in [5.74, 6) is -0.597. The zero-order valence-electron chi connectivity index (χ0n) is 12.2. The summed E-state index contributed by atoms with van der Waals surface area (Å²) in [7, 11) is 0. The molecule has 0 aromatic heterocycles. The molecule has 0 unspecified atom stereocenters. The summed E-state index contributed by atoms with van der Waals surface area (Å²) in [5, 5.41) is 13.1. The van der Waals surface area contributed by atoms with Gasteiger partial charge in [-0.1, -0.05) is 34.8 Å². The van der Waals surface area contributed by atoms with Crippen LogP contribution >= 0.6 is 34.8 Å². The zero-order chi connectivity index (χ0) is 17.0. The van der Waals surface area contributed by atoms with Gasteiger partial charge in [-0.3, -0.25) is 0 Å². The summed E-state index contributed by atoms with van der Waals surface area (Å²) < 4.78 is 5.38. The zero-order valence-corrected chi connectivity index (χ0v) is 14.5. The SMILES string of the molecule is CCOc1c(Cl)cc(CNc2ccc(C(=O)O)c(Cl)c2)cc1Cl. The van der Waals surface area contributed by atoms with Crippen molar-refractivity contribution in [1.82, 2.24) is 0 Å². The first kappa shape index (κ1) is 17.7. The number of carboxylic acid groups (broad SMARTS) is 1. The number of halogens is 3. The van der Waals surface area contributed by atoms with Gasteiger partial charge in [0.2, 0.25) is 0 Å². The van der Waals surface area contributed by atoms with E-state index in [1.807, 2.05) is 6.92 Å². The number of benzene rings is 2. The molecule has 7 heteroatoms. The Morgan fingerprint density at radius 3 is 2.30 bits per heavy atom. The maximum atomic E-state index is 10.9. The van der Waals surface area contributed by atoms with Crippen molar-refractivity contribution in [3.63, 3.8) is 0 Å². The van der Waals surface area contributed by atoms with Gasteiger partial charge in [-0.2, -0.15) is 0 Å². The summed E-state index contributed by atoms with van der Waals surface area (Å²) >= 11 is 18.2. The third-order valence-electron chi connectivity index (χ3n) is 3.04. The van der Waals surface area contributed by atoms with Gasteiger partial charge >= 0.3 is 5.97 Å². The Kier molecular flexibility index (Phi) is 5.99. The van der Waals surface area contributed by atoms with E-state index in [2.05, 4.69) is 5.32 Å². The highest BCUT2D eigenvalue weighted by Gasteiger charge is 2.11. The molecule has 2 aromatic carbocycles. The number of hydrogen-bond acceptors (Lipinski definition) is 3. The van der Waals surface area contributed by atoms with Crippen LogP contribution in [0.5, 0.6) is 5.75 Å². The first-order valence-corrected chi connectivity index (χ1v) is 7.93. The molecule has 2 aromatic rings. The van der Waals surface area contributed by atoms with Crippen LogP contribution in [0.2, 0.25) is 15.1 Å². The number of rotatable bonds is 6. The van der Waals surface area contributed by atoms with E-state index in [4.69, 9.17) is 44.6 Å². The van der Waals surface area contributed by atoms with E-state index >= 15 is 0 Å². The van der Waals surface area contributed by atoms with Crippen LogP contribution in [-0.2, 0) is 6.54 Å². The predicted octanol–water partition coefficient (Wildman–Crippen LogP) is 5.36. The van der Waals surface area contributed by atoms with Crippen LogP contribution in [0.1, 0.15) is 22.8 Å². The minimum atomic E-state index is -1.06. The van der Waals surface area contributed by atoms with Crippen LogP contribution in [0.3, 0.4) is 0 Å². The lowest BCUT2D eigenvalue weighted by atomic mass is 10.2. The van der Waals surface area contributed by atoms with Crippen LogP contribution < -0.4 is 10.1 Å². The van der Waals surface area contributed by atoms with Crippen molar-refractivity contribution in [2.24, 2.45) is 0 Å². The molecular formula is C16H14Cl3NO3. The molecule has 0 aliphatic carbocycles. The molecule has 0 atom stereocenters. The van der Waals surface area contributed by atoms with Crippen molar-refractivity contribution in [2.75, 3.05) is 11.9 Å². The maximum absolute atomic E-state index is 10.9. The average molecular weight is 375 g/mol. The van der Waals surface area contributed by atoms with Crippen LogP contribution in [-0.4, -0.2) is 17.7 Å². The molecule has 0 fully saturated rings. The van der Waals surface area contributed by atoms with Gasteiger partial charge in [0.25, 0.3) is 0 Å². The average Bonchev–Trinajstić information content (AvgIpc) is 2.48. The number of carbonyl (C=O) groups is 1. The number of carboxylic acids is 1. The van der Waals surface area contributed by atoms with Crippen molar-refractivity contribution in [3.05, 3.63) is 56.5 Å². The number of nitrogens with one attached hydrogen (secondary N) is 1. The van der Waals surface area contributed by atoms with Gasteiger partial charge in [0.05, 0.1) is 27.2 Å². The highest BCUT2D eigenvalue weighted by Crippen LogP contribution is 2.34. The molecule has 122 valence electrons.